The highest BCUT2D eigenvalue weighted by atomic mass is 32.2. The molecule has 174 valence electrons. The molecule has 0 bridgehead atoms. The van der Waals surface area contributed by atoms with Gasteiger partial charge in [-0.2, -0.15) is 0 Å². The average molecular weight is 475 g/mol. The highest BCUT2D eigenvalue weighted by Gasteiger charge is 2.28. The lowest BCUT2D eigenvalue weighted by atomic mass is 10.3. The number of carbonyl (C=O) groups is 1. The molecule has 0 aliphatic carbocycles. The van der Waals surface area contributed by atoms with E-state index in [0.29, 0.717) is 11.5 Å². The van der Waals surface area contributed by atoms with E-state index in [-0.39, 0.29) is 22.0 Å². The molecule has 0 saturated carbocycles. The van der Waals surface area contributed by atoms with Gasteiger partial charge in [0.1, 0.15) is 18.1 Å². The molecule has 1 amide bonds. The molecular weight excluding hydrogens is 451 g/mol. The van der Waals surface area contributed by atoms with Gasteiger partial charge in [0.2, 0.25) is 5.91 Å². The molecule has 0 fully saturated rings. The first-order chi connectivity index (χ1) is 15.8. The number of amides is 1. The fourth-order valence-corrected chi connectivity index (χ4v) is 4.50. The molecule has 3 rings (SSSR count). The van der Waals surface area contributed by atoms with Crippen LogP contribution in [0.1, 0.15) is 0 Å². The minimum absolute atomic E-state index is 0.102. The van der Waals surface area contributed by atoms with Crippen molar-refractivity contribution in [3.63, 3.8) is 0 Å². The third-order valence-corrected chi connectivity index (χ3v) is 6.47. The average Bonchev–Trinajstić information content (AvgIpc) is 2.82. The quantitative estimate of drug-likeness (QED) is 0.509. The molecule has 0 atom stereocenters. The van der Waals surface area contributed by atoms with Crippen molar-refractivity contribution in [2.45, 2.75) is 4.90 Å². The number of halogens is 1. The maximum atomic E-state index is 13.6. The van der Waals surface area contributed by atoms with E-state index in [0.717, 1.165) is 10.4 Å². The van der Waals surface area contributed by atoms with Gasteiger partial charge < -0.3 is 19.5 Å². The van der Waals surface area contributed by atoms with Gasteiger partial charge in [0, 0.05) is 11.8 Å². The Morgan fingerprint density at radius 2 is 1.61 bits per heavy atom. The summed E-state index contributed by atoms with van der Waals surface area (Å²) in [6.45, 7) is -0.556. The highest BCUT2D eigenvalue weighted by molar-refractivity contribution is 7.92. The van der Waals surface area contributed by atoms with Crippen molar-refractivity contribution < 1.29 is 31.8 Å². The van der Waals surface area contributed by atoms with Crippen molar-refractivity contribution in [2.75, 3.05) is 37.5 Å². The summed E-state index contributed by atoms with van der Waals surface area (Å²) in [5.41, 5.74) is 0.443. The van der Waals surface area contributed by atoms with Gasteiger partial charge in [-0.25, -0.2) is 12.8 Å². The van der Waals surface area contributed by atoms with Gasteiger partial charge in [-0.15, -0.1) is 0 Å². The number of carbonyl (C=O) groups excluding carboxylic acids is 1. The molecule has 0 aromatic heterocycles. The molecule has 10 heteroatoms. The molecule has 0 saturated heterocycles. The van der Waals surface area contributed by atoms with Crippen LogP contribution in [0.5, 0.6) is 17.2 Å². The van der Waals surface area contributed by atoms with Crippen LogP contribution >= 0.6 is 0 Å². The van der Waals surface area contributed by atoms with Gasteiger partial charge in [-0.05, 0) is 54.6 Å². The van der Waals surface area contributed by atoms with Crippen molar-refractivity contribution >= 4 is 27.3 Å². The van der Waals surface area contributed by atoms with Crippen LogP contribution in [-0.2, 0) is 14.8 Å². The van der Waals surface area contributed by atoms with E-state index in [1.807, 2.05) is 0 Å². The van der Waals surface area contributed by atoms with Crippen LogP contribution in [0.4, 0.5) is 15.8 Å². The molecule has 33 heavy (non-hydrogen) atoms. The third-order valence-electron chi connectivity index (χ3n) is 4.70. The zero-order valence-electron chi connectivity index (χ0n) is 18.2. The Bertz CT molecular complexity index is 1230. The SMILES string of the molecule is COc1ccc(N(CC(=O)Nc2cccc(F)c2)S(=O)(=O)c2ccc(OC)c(OC)c2)cc1. The zero-order valence-corrected chi connectivity index (χ0v) is 19.1. The summed E-state index contributed by atoms with van der Waals surface area (Å²) in [6.07, 6.45) is 0. The Balaban J connectivity index is 1.99. The summed E-state index contributed by atoms with van der Waals surface area (Å²) in [7, 11) is 0.109. The number of ether oxygens (including phenoxy) is 3. The summed E-state index contributed by atoms with van der Waals surface area (Å²) in [6, 6.07) is 15.7. The lowest BCUT2D eigenvalue weighted by molar-refractivity contribution is -0.114. The number of rotatable bonds is 9. The van der Waals surface area contributed by atoms with Crippen LogP contribution in [0.25, 0.3) is 0 Å². The Morgan fingerprint density at radius 1 is 0.909 bits per heavy atom. The van der Waals surface area contributed by atoms with Crippen molar-refractivity contribution in [1.82, 2.24) is 0 Å². The maximum absolute atomic E-state index is 13.6. The predicted molar refractivity (Wildman–Crippen MR) is 122 cm³/mol. The smallest absolute Gasteiger partial charge is 0.264 e. The minimum atomic E-state index is -4.20. The number of sulfonamides is 1. The van der Waals surface area contributed by atoms with Crippen LogP contribution in [0.2, 0.25) is 0 Å². The van der Waals surface area contributed by atoms with Crippen molar-refractivity contribution in [3.8, 4) is 17.2 Å². The van der Waals surface area contributed by atoms with Gasteiger partial charge in [-0.3, -0.25) is 9.10 Å². The lowest BCUT2D eigenvalue weighted by Crippen LogP contribution is -2.38. The van der Waals surface area contributed by atoms with E-state index in [2.05, 4.69) is 5.32 Å². The first-order valence-corrected chi connectivity index (χ1v) is 11.2. The number of methoxy groups -OCH3 is 3. The molecule has 3 aromatic carbocycles. The van der Waals surface area contributed by atoms with Crippen molar-refractivity contribution in [2.24, 2.45) is 0 Å². The number of benzene rings is 3. The number of nitrogens with one attached hydrogen (secondary N) is 1. The topological polar surface area (TPSA) is 94.2 Å². The van der Waals surface area contributed by atoms with E-state index in [1.54, 1.807) is 12.1 Å². The third kappa shape index (κ3) is 5.53. The largest absolute Gasteiger partial charge is 0.497 e. The van der Waals surface area contributed by atoms with Crippen LogP contribution in [0, 0.1) is 5.82 Å². The molecule has 0 aliphatic rings. The van der Waals surface area contributed by atoms with Crippen LogP contribution < -0.4 is 23.8 Å². The number of nitrogens with zero attached hydrogens (tertiary/aromatic N) is 1. The van der Waals surface area contributed by atoms with Gasteiger partial charge in [0.15, 0.2) is 11.5 Å². The van der Waals surface area contributed by atoms with E-state index >= 15 is 0 Å². The molecule has 0 heterocycles. The molecule has 0 radical (unpaired) electrons. The van der Waals surface area contributed by atoms with Crippen LogP contribution in [0.15, 0.2) is 71.6 Å². The Kier molecular flexibility index (Phi) is 7.39. The first-order valence-electron chi connectivity index (χ1n) is 9.72. The van der Waals surface area contributed by atoms with E-state index in [9.17, 15) is 17.6 Å². The normalized spacial score (nSPS) is 10.9. The van der Waals surface area contributed by atoms with Crippen molar-refractivity contribution in [1.29, 1.82) is 0 Å². The summed E-state index contributed by atoms with van der Waals surface area (Å²) in [5.74, 6) is -0.0848. The first kappa shape index (κ1) is 23.9. The molecule has 1 N–H and O–H groups in total. The molecule has 0 aliphatic heterocycles. The summed E-state index contributed by atoms with van der Waals surface area (Å²) >= 11 is 0. The molecular formula is C23H23FN2O6S. The fraction of sp³-hybridized carbons (Fsp3) is 0.174. The zero-order chi connectivity index (χ0) is 24.0. The Morgan fingerprint density at radius 3 is 2.21 bits per heavy atom. The minimum Gasteiger partial charge on any atom is -0.497 e. The molecule has 8 nitrogen and oxygen atoms in total. The number of hydrogen-bond donors (Lipinski definition) is 1. The standard InChI is InChI=1S/C23H23FN2O6S/c1-30-19-9-7-18(8-10-19)26(15-23(27)25-17-6-4-5-16(24)13-17)33(28,29)20-11-12-21(31-2)22(14-20)32-3/h4-14H,15H2,1-3H3,(H,25,27). The second-order valence-electron chi connectivity index (χ2n) is 6.79. The second-order valence-corrected chi connectivity index (χ2v) is 8.65. The number of hydrogen-bond acceptors (Lipinski definition) is 6. The van der Waals surface area contributed by atoms with Gasteiger partial charge in [0.05, 0.1) is 31.9 Å². The monoisotopic (exact) mass is 474 g/mol. The van der Waals surface area contributed by atoms with Gasteiger partial charge in [0.25, 0.3) is 10.0 Å². The number of anilines is 2. The van der Waals surface area contributed by atoms with Crippen LogP contribution in [-0.4, -0.2) is 42.2 Å². The summed E-state index contributed by atoms with van der Waals surface area (Å²) in [4.78, 5) is 12.6. The van der Waals surface area contributed by atoms with E-state index < -0.39 is 28.3 Å². The molecule has 0 unspecified atom stereocenters. The molecule has 3 aromatic rings. The van der Waals surface area contributed by atoms with Crippen LogP contribution in [0.3, 0.4) is 0 Å². The van der Waals surface area contributed by atoms with Gasteiger partial charge >= 0.3 is 0 Å². The fourth-order valence-electron chi connectivity index (χ4n) is 3.06. The lowest BCUT2D eigenvalue weighted by Gasteiger charge is -2.24. The summed E-state index contributed by atoms with van der Waals surface area (Å²) < 4.78 is 57.1. The second kappa shape index (κ2) is 10.2. The predicted octanol–water partition coefficient (Wildman–Crippen LogP) is 3.69. The summed E-state index contributed by atoms with van der Waals surface area (Å²) in [5, 5.41) is 2.52. The van der Waals surface area contributed by atoms with Gasteiger partial charge in [-0.1, -0.05) is 6.07 Å². The maximum Gasteiger partial charge on any atom is 0.264 e. The van der Waals surface area contributed by atoms with Crippen molar-refractivity contribution in [3.05, 3.63) is 72.5 Å². The van der Waals surface area contributed by atoms with E-state index in [4.69, 9.17) is 14.2 Å². The molecule has 0 spiro atoms. The Labute approximate surface area is 191 Å². The Hall–Kier alpha value is -3.79. The van der Waals surface area contributed by atoms with E-state index in [1.165, 1.54) is 69.9 Å². The highest BCUT2D eigenvalue weighted by Crippen LogP contribution is 2.32.